The Morgan fingerprint density at radius 2 is 2.11 bits per heavy atom. The van der Waals surface area contributed by atoms with Crippen molar-refractivity contribution in [3.05, 3.63) is 0 Å². The number of rotatable bonds is 3. The van der Waals surface area contributed by atoms with E-state index in [1.807, 2.05) is 0 Å². The van der Waals surface area contributed by atoms with E-state index in [0.29, 0.717) is 19.4 Å². The smallest absolute Gasteiger partial charge is 0.339 e. The molecule has 2 rings (SSSR count). The van der Waals surface area contributed by atoms with Crippen molar-refractivity contribution < 1.29 is 13.6 Å². The molecule has 0 bridgehead atoms. The first-order valence-corrected chi connectivity index (χ1v) is 7.09. The van der Waals surface area contributed by atoms with E-state index in [2.05, 4.69) is 15.2 Å². The van der Waals surface area contributed by atoms with Gasteiger partial charge in [0.2, 0.25) is 0 Å². The fourth-order valence-corrected chi connectivity index (χ4v) is 3.23. The number of nitrogens with zero attached hydrogens (tertiary/aromatic N) is 2. The van der Waals surface area contributed by atoms with Gasteiger partial charge in [-0.15, -0.1) is 0 Å². The number of hydrazone groups is 1. The highest BCUT2D eigenvalue weighted by atomic mass is 32.2. The quantitative estimate of drug-likeness (QED) is 0.730. The van der Waals surface area contributed by atoms with Crippen molar-refractivity contribution in [2.24, 2.45) is 5.10 Å². The molecule has 2 aliphatic rings. The van der Waals surface area contributed by atoms with Gasteiger partial charge in [0.25, 0.3) is 0 Å². The average Bonchev–Trinajstić information content (AvgIpc) is 2.32. The Morgan fingerprint density at radius 1 is 1.44 bits per heavy atom. The van der Waals surface area contributed by atoms with Crippen LogP contribution in [0.3, 0.4) is 0 Å². The van der Waals surface area contributed by atoms with E-state index in [4.69, 9.17) is 0 Å². The van der Waals surface area contributed by atoms with Gasteiger partial charge in [0, 0.05) is 11.3 Å². The largest absolute Gasteiger partial charge is 0.760 e. The lowest BCUT2D eigenvalue weighted by molar-refractivity contribution is 0.0762. The third kappa shape index (κ3) is 2.70. The minimum Gasteiger partial charge on any atom is -0.760 e. The zero-order valence-corrected chi connectivity index (χ0v) is 11.1. The molecule has 1 fully saturated rings. The Balaban J connectivity index is 2.25. The van der Waals surface area contributed by atoms with Crippen LogP contribution in [-0.4, -0.2) is 37.6 Å². The van der Waals surface area contributed by atoms with Gasteiger partial charge in [-0.3, -0.25) is 9.11 Å². The van der Waals surface area contributed by atoms with E-state index >= 15 is 0 Å². The number of nitrogens with one attached hydrogen (secondary N) is 2. The van der Waals surface area contributed by atoms with Crippen LogP contribution in [0.2, 0.25) is 0 Å². The molecule has 1 saturated carbocycles. The fourth-order valence-electron chi connectivity index (χ4n) is 2.60. The average molecular weight is 273 g/mol. The van der Waals surface area contributed by atoms with Gasteiger partial charge >= 0.3 is 6.03 Å². The summed E-state index contributed by atoms with van der Waals surface area (Å²) >= 11 is -2.39. The second-order valence-corrected chi connectivity index (χ2v) is 5.45. The first-order valence-electron chi connectivity index (χ1n) is 6.01. The number of carbonyl (C=O) groups excluding carboxylic acids is 1. The standard InChI is InChI=1S/C10H18N4O3S/c1-8-7-14(9(15)12-11-8)10(13-18(16)17)5-3-2-4-6-10/h13H,2-7H2,1H3,(H,12,15)(H,16,17)/p-1. The van der Waals surface area contributed by atoms with Gasteiger partial charge in [-0.1, -0.05) is 6.42 Å². The van der Waals surface area contributed by atoms with E-state index in [9.17, 15) is 13.6 Å². The summed E-state index contributed by atoms with van der Waals surface area (Å²) in [4.78, 5) is 13.4. The van der Waals surface area contributed by atoms with Crippen molar-refractivity contribution in [2.45, 2.75) is 44.7 Å². The Morgan fingerprint density at radius 3 is 2.72 bits per heavy atom. The van der Waals surface area contributed by atoms with Crippen molar-refractivity contribution in [1.82, 2.24) is 15.0 Å². The first-order chi connectivity index (χ1) is 8.53. The normalized spacial score (nSPS) is 25.3. The molecule has 102 valence electrons. The van der Waals surface area contributed by atoms with Crippen molar-refractivity contribution in [2.75, 3.05) is 6.54 Å². The van der Waals surface area contributed by atoms with Gasteiger partial charge in [-0.05, 0) is 32.6 Å². The van der Waals surface area contributed by atoms with Gasteiger partial charge in [0.1, 0.15) is 5.66 Å². The summed E-state index contributed by atoms with van der Waals surface area (Å²) in [5.74, 6) is 0. The molecule has 8 heteroatoms. The SMILES string of the molecule is CC1=NNC(=O)N(C2(NS(=O)[O-])CCCCC2)C1. The molecule has 7 nitrogen and oxygen atoms in total. The lowest BCUT2D eigenvalue weighted by Crippen LogP contribution is -2.65. The Labute approximate surface area is 108 Å². The van der Waals surface area contributed by atoms with Crippen LogP contribution in [0.5, 0.6) is 0 Å². The second kappa shape index (κ2) is 5.33. The highest BCUT2D eigenvalue weighted by molar-refractivity contribution is 7.77. The maximum atomic E-state index is 11.9. The van der Waals surface area contributed by atoms with Crippen LogP contribution in [0.25, 0.3) is 0 Å². The number of urea groups is 1. The monoisotopic (exact) mass is 273 g/mol. The van der Waals surface area contributed by atoms with Crippen molar-refractivity contribution in [1.29, 1.82) is 0 Å². The third-order valence-electron chi connectivity index (χ3n) is 3.45. The maximum Gasteiger partial charge on any atom is 0.339 e. The summed E-state index contributed by atoms with van der Waals surface area (Å²) in [6, 6.07) is -0.347. The Hall–Kier alpha value is -0.990. The van der Waals surface area contributed by atoms with E-state index in [-0.39, 0.29) is 6.03 Å². The van der Waals surface area contributed by atoms with Crippen LogP contribution in [0.15, 0.2) is 5.10 Å². The molecule has 2 N–H and O–H groups in total. The molecule has 2 amide bonds. The van der Waals surface area contributed by atoms with Gasteiger partial charge in [0.05, 0.1) is 12.3 Å². The van der Waals surface area contributed by atoms with Gasteiger partial charge in [-0.25, -0.2) is 14.9 Å². The van der Waals surface area contributed by atoms with Crippen molar-refractivity contribution >= 4 is 23.0 Å². The number of carbonyl (C=O) groups is 1. The molecule has 0 aromatic rings. The zero-order valence-electron chi connectivity index (χ0n) is 10.3. The Bertz CT molecular complexity index is 393. The van der Waals surface area contributed by atoms with Crippen LogP contribution < -0.4 is 10.1 Å². The first kappa shape index (κ1) is 13.4. The van der Waals surface area contributed by atoms with E-state index in [1.54, 1.807) is 11.8 Å². The minimum atomic E-state index is -2.39. The highest BCUT2D eigenvalue weighted by Crippen LogP contribution is 2.32. The molecule has 0 aromatic carbocycles. The minimum absolute atomic E-state index is 0.347. The van der Waals surface area contributed by atoms with Gasteiger partial charge in [-0.2, -0.15) is 5.10 Å². The van der Waals surface area contributed by atoms with Gasteiger partial charge in [0.15, 0.2) is 0 Å². The van der Waals surface area contributed by atoms with Crippen LogP contribution in [-0.2, 0) is 11.3 Å². The summed E-state index contributed by atoms with van der Waals surface area (Å²) in [5.41, 5.74) is 2.37. The summed E-state index contributed by atoms with van der Waals surface area (Å²) in [5, 5.41) is 3.86. The fraction of sp³-hybridized carbons (Fsp3) is 0.800. The number of hydrogen-bond donors (Lipinski definition) is 2. The van der Waals surface area contributed by atoms with Crippen LogP contribution in [0.4, 0.5) is 4.79 Å². The van der Waals surface area contributed by atoms with Gasteiger partial charge < -0.3 is 4.55 Å². The molecule has 1 aliphatic heterocycles. The molecule has 1 unspecified atom stereocenters. The summed E-state index contributed by atoms with van der Waals surface area (Å²) in [7, 11) is 0. The lowest BCUT2D eigenvalue weighted by atomic mass is 9.88. The summed E-state index contributed by atoms with van der Waals surface area (Å²) in [6.07, 6.45) is 4.16. The molecular weight excluding hydrogens is 256 g/mol. The summed E-state index contributed by atoms with van der Waals surface area (Å²) in [6.45, 7) is 2.16. The second-order valence-electron chi connectivity index (χ2n) is 4.78. The molecule has 0 saturated heterocycles. The molecule has 0 radical (unpaired) electrons. The Kier molecular flexibility index (Phi) is 3.98. The third-order valence-corrected chi connectivity index (χ3v) is 3.99. The van der Waals surface area contributed by atoms with Crippen LogP contribution in [0, 0.1) is 0 Å². The highest BCUT2D eigenvalue weighted by Gasteiger charge is 2.42. The summed E-state index contributed by atoms with van der Waals surface area (Å²) < 4.78 is 24.6. The number of amides is 2. The molecule has 1 heterocycles. The van der Waals surface area contributed by atoms with E-state index in [0.717, 1.165) is 25.0 Å². The van der Waals surface area contributed by atoms with Crippen molar-refractivity contribution in [3.63, 3.8) is 0 Å². The van der Waals surface area contributed by atoms with E-state index < -0.39 is 16.9 Å². The molecule has 1 atom stereocenters. The molecule has 18 heavy (non-hydrogen) atoms. The molecule has 1 aliphatic carbocycles. The lowest BCUT2D eigenvalue weighted by Gasteiger charge is -2.47. The molecule has 0 aromatic heterocycles. The van der Waals surface area contributed by atoms with E-state index in [1.165, 1.54) is 0 Å². The zero-order chi connectivity index (χ0) is 13.2. The predicted molar refractivity (Wildman–Crippen MR) is 66.2 cm³/mol. The van der Waals surface area contributed by atoms with Crippen LogP contribution in [0.1, 0.15) is 39.0 Å². The van der Waals surface area contributed by atoms with Crippen LogP contribution >= 0.6 is 0 Å². The number of hydrogen-bond acceptors (Lipinski definition) is 4. The topological polar surface area (TPSA) is 96.9 Å². The van der Waals surface area contributed by atoms with Crippen molar-refractivity contribution in [3.8, 4) is 0 Å². The molecular formula is C10H17N4O3S-. The maximum absolute atomic E-state index is 11.9. The predicted octanol–water partition coefficient (Wildman–Crippen LogP) is 0.432. The molecule has 0 spiro atoms.